The molecule has 34 heavy (non-hydrogen) atoms. The van der Waals surface area contributed by atoms with Gasteiger partial charge in [-0.2, -0.15) is 0 Å². The molecular formula is C26H23N5O2S. The van der Waals surface area contributed by atoms with Crippen molar-refractivity contribution in [3.63, 3.8) is 0 Å². The Morgan fingerprint density at radius 1 is 1.03 bits per heavy atom. The number of hydrogen-bond acceptors (Lipinski definition) is 7. The van der Waals surface area contributed by atoms with Gasteiger partial charge in [0.2, 0.25) is 0 Å². The number of para-hydroxylation sites is 2. The summed E-state index contributed by atoms with van der Waals surface area (Å²) in [6.45, 7) is 2.87. The molecule has 5 aromatic rings. The van der Waals surface area contributed by atoms with Crippen molar-refractivity contribution in [2.45, 2.75) is 20.0 Å². The molecule has 0 aliphatic heterocycles. The van der Waals surface area contributed by atoms with Crippen LogP contribution in [0.5, 0.6) is 5.75 Å². The smallest absolute Gasteiger partial charge is 0.261 e. The van der Waals surface area contributed by atoms with Crippen LogP contribution in [-0.2, 0) is 13.1 Å². The minimum Gasteiger partial charge on any atom is -0.496 e. The summed E-state index contributed by atoms with van der Waals surface area (Å²) in [5, 5.41) is 8.31. The van der Waals surface area contributed by atoms with Gasteiger partial charge >= 0.3 is 0 Å². The normalized spacial score (nSPS) is 11.0. The maximum Gasteiger partial charge on any atom is 0.261 e. The lowest BCUT2D eigenvalue weighted by atomic mass is 10.1. The highest BCUT2D eigenvalue weighted by Gasteiger charge is 2.19. The number of benzene rings is 2. The number of anilines is 1. The van der Waals surface area contributed by atoms with E-state index in [4.69, 9.17) is 4.74 Å². The molecule has 0 aliphatic rings. The van der Waals surface area contributed by atoms with Crippen molar-refractivity contribution in [1.29, 1.82) is 0 Å². The van der Waals surface area contributed by atoms with Crippen molar-refractivity contribution < 1.29 is 9.53 Å². The van der Waals surface area contributed by atoms with Crippen LogP contribution in [-0.4, -0.2) is 28.0 Å². The summed E-state index contributed by atoms with van der Waals surface area (Å²) >= 11 is 1.37. The van der Waals surface area contributed by atoms with Crippen LogP contribution in [0.3, 0.4) is 0 Å². The van der Waals surface area contributed by atoms with E-state index in [1.807, 2.05) is 61.5 Å². The number of aromatic nitrogens is 3. The molecule has 0 bridgehead atoms. The quantitative estimate of drug-likeness (QED) is 0.345. The molecule has 0 radical (unpaired) electrons. The second-order valence-electron chi connectivity index (χ2n) is 7.84. The fourth-order valence-corrected chi connectivity index (χ4v) is 4.99. The van der Waals surface area contributed by atoms with Crippen LogP contribution in [0.2, 0.25) is 0 Å². The van der Waals surface area contributed by atoms with Crippen LogP contribution < -0.4 is 15.4 Å². The summed E-state index contributed by atoms with van der Waals surface area (Å²) in [6, 6.07) is 17.8. The van der Waals surface area contributed by atoms with Crippen LogP contribution in [0.25, 0.3) is 21.1 Å². The first kappa shape index (κ1) is 21.8. The number of ether oxygens (including phenoxy) is 1. The van der Waals surface area contributed by atoms with E-state index < -0.39 is 0 Å². The lowest BCUT2D eigenvalue weighted by Gasteiger charge is -2.11. The van der Waals surface area contributed by atoms with Gasteiger partial charge in [-0.25, -0.2) is 9.97 Å². The molecule has 170 valence electrons. The van der Waals surface area contributed by atoms with Crippen LogP contribution in [0.4, 0.5) is 5.82 Å². The Morgan fingerprint density at radius 3 is 2.74 bits per heavy atom. The van der Waals surface area contributed by atoms with Crippen LogP contribution in [0.1, 0.15) is 26.4 Å². The fraction of sp³-hybridized carbons (Fsp3) is 0.154. The molecule has 0 saturated carbocycles. The Morgan fingerprint density at radius 2 is 1.85 bits per heavy atom. The fourth-order valence-electron chi connectivity index (χ4n) is 3.93. The second-order valence-corrected chi connectivity index (χ2v) is 8.84. The highest BCUT2D eigenvalue weighted by atomic mass is 32.1. The highest BCUT2D eigenvalue weighted by Crippen LogP contribution is 2.33. The molecule has 0 saturated heterocycles. The van der Waals surface area contributed by atoms with Crippen LogP contribution >= 0.6 is 11.3 Å². The number of hydrogen-bond donors (Lipinski definition) is 2. The molecule has 0 atom stereocenters. The van der Waals surface area contributed by atoms with Gasteiger partial charge in [0.15, 0.2) is 0 Å². The van der Waals surface area contributed by atoms with Gasteiger partial charge in [-0.1, -0.05) is 36.4 Å². The molecule has 0 unspecified atom stereocenters. The Bertz CT molecular complexity index is 1500. The van der Waals surface area contributed by atoms with Crippen molar-refractivity contribution in [1.82, 2.24) is 20.3 Å². The van der Waals surface area contributed by atoms with Crippen molar-refractivity contribution in [3.8, 4) is 5.75 Å². The van der Waals surface area contributed by atoms with E-state index in [9.17, 15) is 4.79 Å². The average Bonchev–Trinajstić information content (AvgIpc) is 3.23. The summed E-state index contributed by atoms with van der Waals surface area (Å²) in [6.07, 6.45) is 3.32. The number of fused-ring (bicyclic) bond motifs is 2. The second kappa shape index (κ2) is 9.44. The molecule has 3 aromatic heterocycles. The van der Waals surface area contributed by atoms with Gasteiger partial charge in [0.1, 0.15) is 22.7 Å². The standard InChI is InChI=1S/C26H23N5O2S/c1-16-22-24(28-14-19-8-4-6-10-21(19)33-2)30-15-31-26(22)34-23(16)25(32)29-13-17-11-18-7-3-5-9-20(18)27-12-17/h3-12,15H,13-14H2,1-2H3,(H,29,32)(H,28,30,31). The zero-order valence-electron chi connectivity index (χ0n) is 18.8. The lowest BCUT2D eigenvalue weighted by molar-refractivity contribution is 0.0954. The first-order valence-corrected chi connectivity index (χ1v) is 11.7. The zero-order valence-corrected chi connectivity index (χ0v) is 19.6. The van der Waals surface area contributed by atoms with E-state index in [0.29, 0.717) is 23.8 Å². The molecule has 3 heterocycles. The van der Waals surface area contributed by atoms with Crippen molar-refractivity contribution in [2.75, 3.05) is 12.4 Å². The summed E-state index contributed by atoms with van der Waals surface area (Å²) in [7, 11) is 1.66. The number of aryl methyl sites for hydroxylation is 1. The molecule has 7 nitrogen and oxygen atoms in total. The van der Waals surface area contributed by atoms with Gasteiger partial charge < -0.3 is 15.4 Å². The summed E-state index contributed by atoms with van der Waals surface area (Å²) in [5.41, 5.74) is 3.76. The molecule has 1 amide bonds. The minimum atomic E-state index is -0.135. The summed E-state index contributed by atoms with van der Waals surface area (Å²) in [4.78, 5) is 27.7. The monoisotopic (exact) mass is 469 g/mol. The van der Waals surface area contributed by atoms with Gasteiger partial charge in [-0.3, -0.25) is 9.78 Å². The van der Waals surface area contributed by atoms with E-state index in [1.54, 1.807) is 13.3 Å². The Hall–Kier alpha value is -4.04. The molecule has 0 aliphatic carbocycles. The minimum absolute atomic E-state index is 0.135. The molecular weight excluding hydrogens is 446 g/mol. The number of carbonyl (C=O) groups is 1. The maximum absolute atomic E-state index is 13.0. The third kappa shape index (κ3) is 4.27. The molecule has 0 fully saturated rings. The van der Waals surface area contributed by atoms with Crippen molar-refractivity contribution in [3.05, 3.63) is 88.7 Å². The number of carbonyl (C=O) groups excluding carboxylic acids is 1. The van der Waals surface area contributed by atoms with Crippen LogP contribution in [0, 0.1) is 6.92 Å². The number of thiophene rings is 1. The average molecular weight is 470 g/mol. The van der Waals surface area contributed by atoms with E-state index in [0.717, 1.165) is 43.6 Å². The molecule has 5 rings (SSSR count). The predicted octanol–water partition coefficient (Wildman–Crippen LogP) is 5.10. The first-order chi connectivity index (χ1) is 16.6. The van der Waals surface area contributed by atoms with Gasteiger partial charge in [0.25, 0.3) is 5.91 Å². The van der Waals surface area contributed by atoms with E-state index in [-0.39, 0.29) is 5.91 Å². The zero-order chi connectivity index (χ0) is 23.5. The van der Waals surface area contributed by atoms with Gasteiger partial charge in [0.05, 0.1) is 22.9 Å². The Kier molecular flexibility index (Phi) is 6.05. The number of methoxy groups -OCH3 is 1. The lowest BCUT2D eigenvalue weighted by Crippen LogP contribution is -2.22. The van der Waals surface area contributed by atoms with E-state index >= 15 is 0 Å². The van der Waals surface area contributed by atoms with E-state index in [1.165, 1.54) is 17.7 Å². The molecule has 2 aromatic carbocycles. The van der Waals surface area contributed by atoms with Crippen LogP contribution in [0.15, 0.2) is 67.1 Å². The van der Waals surface area contributed by atoms with E-state index in [2.05, 4.69) is 25.6 Å². The summed E-state index contributed by atoms with van der Waals surface area (Å²) < 4.78 is 5.44. The number of nitrogens with zero attached hydrogens (tertiary/aromatic N) is 3. The molecule has 0 spiro atoms. The van der Waals surface area contributed by atoms with Crippen molar-refractivity contribution in [2.24, 2.45) is 0 Å². The third-order valence-electron chi connectivity index (χ3n) is 5.67. The largest absolute Gasteiger partial charge is 0.496 e. The molecule has 8 heteroatoms. The predicted molar refractivity (Wildman–Crippen MR) is 135 cm³/mol. The van der Waals surface area contributed by atoms with Gasteiger partial charge in [-0.15, -0.1) is 11.3 Å². The van der Waals surface area contributed by atoms with Gasteiger partial charge in [0, 0.05) is 30.2 Å². The Labute approximate surface area is 200 Å². The third-order valence-corrected chi connectivity index (χ3v) is 6.87. The Balaban J connectivity index is 1.35. The maximum atomic E-state index is 13.0. The number of rotatable bonds is 7. The number of nitrogens with one attached hydrogen (secondary N) is 2. The topological polar surface area (TPSA) is 89.0 Å². The first-order valence-electron chi connectivity index (χ1n) is 10.9. The highest BCUT2D eigenvalue weighted by molar-refractivity contribution is 7.20. The SMILES string of the molecule is COc1ccccc1CNc1ncnc2sc(C(=O)NCc3cnc4ccccc4c3)c(C)c12. The number of amides is 1. The van der Waals surface area contributed by atoms with Crippen molar-refractivity contribution >= 4 is 44.2 Å². The van der Waals surface area contributed by atoms with Gasteiger partial charge in [-0.05, 0) is 36.2 Å². The molecule has 2 N–H and O–H groups in total. The summed E-state index contributed by atoms with van der Waals surface area (Å²) in [5.74, 6) is 1.37. The number of pyridine rings is 1.